The Bertz CT molecular complexity index is 1720. The molecule has 0 spiro atoms. The zero-order valence-corrected chi connectivity index (χ0v) is 19.4. The van der Waals surface area contributed by atoms with E-state index in [1.807, 2.05) is 38.1 Å². The van der Waals surface area contributed by atoms with Gasteiger partial charge in [0.05, 0.1) is 16.5 Å². The van der Waals surface area contributed by atoms with Crippen molar-refractivity contribution in [2.75, 3.05) is 5.73 Å². The maximum absolute atomic E-state index is 13.8. The number of hydrogen-bond acceptors (Lipinski definition) is 8. The molecule has 4 aromatic heterocycles. The summed E-state index contributed by atoms with van der Waals surface area (Å²) < 4.78 is 3.17. The molecule has 10 nitrogen and oxygen atoms in total. The van der Waals surface area contributed by atoms with Gasteiger partial charge in [-0.15, -0.1) is 0 Å². The van der Waals surface area contributed by atoms with Crippen molar-refractivity contribution in [3.05, 3.63) is 75.9 Å². The number of pyridine rings is 1. The van der Waals surface area contributed by atoms with E-state index in [1.54, 1.807) is 28.4 Å². The summed E-state index contributed by atoms with van der Waals surface area (Å²) in [5, 5.41) is 15.1. The van der Waals surface area contributed by atoms with Gasteiger partial charge in [-0.25, -0.2) is 24.6 Å². The predicted molar refractivity (Wildman–Crippen MR) is 132 cm³/mol. The molecule has 10 heteroatoms. The maximum Gasteiger partial charge on any atom is 0.267 e. The van der Waals surface area contributed by atoms with Crippen LogP contribution in [0.1, 0.15) is 29.6 Å². The molecule has 3 N–H and O–H groups in total. The van der Waals surface area contributed by atoms with Crippen molar-refractivity contribution in [3.63, 3.8) is 0 Å². The van der Waals surface area contributed by atoms with Crippen molar-refractivity contribution in [1.29, 1.82) is 0 Å². The number of benzene rings is 1. The van der Waals surface area contributed by atoms with Crippen molar-refractivity contribution in [1.82, 2.24) is 34.3 Å². The topological polar surface area (TPSA) is 138 Å². The summed E-state index contributed by atoms with van der Waals surface area (Å²) in [6, 6.07) is 9.40. The average Bonchev–Trinajstić information content (AvgIpc) is 3.17. The SMILES string of the molecule is Cc1ccccc1-n1c(Cn2nc(C#CC(C)O)c3c(N)ncnc32)nc2nccc(C)c2c1=O. The van der Waals surface area contributed by atoms with Crippen LogP contribution in [-0.2, 0) is 6.54 Å². The molecule has 1 aromatic carbocycles. The zero-order chi connectivity index (χ0) is 24.7. The lowest BCUT2D eigenvalue weighted by atomic mass is 10.1. The van der Waals surface area contributed by atoms with Crippen LogP contribution in [0.15, 0.2) is 47.7 Å². The van der Waals surface area contributed by atoms with E-state index >= 15 is 0 Å². The quantitative estimate of drug-likeness (QED) is 0.385. The summed E-state index contributed by atoms with van der Waals surface area (Å²) in [4.78, 5) is 31.3. The predicted octanol–water partition coefficient (Wildman–Crippen LogP) is 1.90. The first kappa shape index (κ1) is 22.2. The van der Waals surface area contributed by atoms with Gasteiger partial charge in [0, 0.05) is 6.20 Å². The highest BCUT2D eigenvalue weighted by Crippen LogP contribution is 2.23. The van der Waals surface area contributed by atoms with Gasteiger partial charge in [0.25, 0.3) is 5.56 Å². The van der Waals surface area contributed by atoms with Gasteiger partial charge in [0.2, 0.25) is 0 Å². The molecule has 1 unspecified atom stereocenters. The lowest BCUT2D eigenvalue weighted by Gasteiger charge is -2.16. The highest BCUT2D eigenvalue weighted by Gasteiger charge is 2.20. The smallest absolute Gasteiger partial charge is 0.267 e. The number of nitrogen functional groups attached to an aromatic ring is 1. The van der Waals surface area contributed by atoms with Crippen molar-refractivity contribution >= 4 is 27.9 Å². The van der Waals surface area contributed by atoms with Crippen molar-refractivity contribution in [3.8, 4) is 17.5 Å². The molecule has 5 aromatic rings. The molecular weight excluding hydrogens is 444 g/mol. The number of nitrogens with two attached hydrogens (primary N) is 1. The molecule has 4 heterocycles. The van der Waals surface area contributed by atoms with Crippen LogP contribution < -0.4 is 11.3 Å². The van der Waals surface area contributed by atoms with Gasteiger partial charge < -0.3 is 10.8 Å². The number of fused-ring (bicyclic) bond motifs is 2. The first-order chi connectivity index (χ1) is 16.8. The molecule has 0 bridgehead atoms. The van der Waals surface area contributed by atoms with Gasteiger partial charge in [-0.05, 0) is 50.0 Å². The first-order valence-corrected chi connectivity index (χ1v) is 10.9. The summed E-state index contributed by atoms with van der Waals surface area (Å²) in [6.45, 7) is 5.45. The summed E-state index contributed by atoms with van der Waals surface area (Å²) in [5.74, 6) is 6.17. The number of para-hydroxylation sites is 1. The van der Waals surface area contributed by atoms with Crippen LogP contribution in [-0.4, -0.2) is 45.5 Å². The largest absolute Gasteiger partial charge is 0.383 e. The van der Waals surface area contributed by atoms with E-state index in [4.69, 9.17) is 10.7 Å². The Kier molecular flexibility index (Phi) is 5.47. The third-order valence-corrected chi connectivity index (χ3v) is 5.65. The number of anilines is 1. The number of hydrogen-bond donors (Lipinski definition) is 2. The van der Waals surface area contributed by atoms with Crippen molar-refractivity contribution in [2.45, 2.75) is 33.4 Å². The molecule has 0 aliphatic heterocycles. The molecule has 0 fully saturated rings. The summed E-state index contributed by atoms with van der Waals surface area (Å²) in [6.07, 6.45) is 2.13. The van der Waals surface area contributed by atoms with E-state index in [9.17, 15) is 9.90 Å². The van der Waals surface area contributed by atoms with E-state index < -0.39 is 6.10 Å². The molecule has 0 amide bonds. The fourth-order valence-electron chi connectivity index (χ4n) is 4.00. The van der Waals surface area contributed by atoms with E-state index in [0.717, 1.165) is 11.1 Å². The van der Waals surface area contributed by atoms with Gasteiger partial charge in [0.15, 0.2) is 11.3 Å². The van der Waals surface area contributed by atoms with Crippen LogP contribution in [0.5, 0.6) is 0 Å². The Morgan fingerprint density at radius 2 is 1.89 bits per heavy atom. The van der Waals surface area contributed by atoms with Crippen LogP contribution >= 0.6 is 0 Å². The molecule has 5 rings (SSSR count). The van der Waals surface area contributed by atoms with Gasteiger partial charge in [-0.1, -0.05) is 24.1 Å². The summed E-state index contributed by atoms with van der Waals surface area (Å²) >= 11 is 0. The highest BCUT2D eigenvalue weighted by atomic mass is 16.3. The fourth-order valence-corrected chi connectivity index (χ4v) is 4.00. The number of aliphatic hydroxyl groups excluding tert-OH is 1. The normalized spacial score (nSPS) is 12.0. The van der Waals surface area contributed by atoms with E-state index in [-0.39, 0.29) is 17.9 Å². The van der Waals surface area contributed by atoms with Crippen LogP contribution in [0.4, 0.5) is 5.82 Å². The molecule has 0 aliphatic carbocycles. The summed E-state index contributed by atoms with van der Waals surface area (Å²) in [5.41, 5.74) is 9.44. The molecular formula is C25H22N8O2. The Morgan fingerprint density at radius 1 is 1.09 bits per heavy atom. The van der Waals surface area contributed by atoms with Crippen LogP contribution in [0.2, 0.25) is 0 Å². The lowest BCUT2D eigenvalue weighted by Crippen LogP contribution is -2.27. The number of aryl methyl sites for hydroxylation is 2. The van der Waals surface area contributed by atoms with Gasteiger partial charge >= 0.3 is 0 Å². The van der Waals surface area contributed by atoms with Gasteiger partial charge in [0.1, 0.15) is 36.3 Å². The third kappa shape index (κ3) is 3.88. The molecule has 0 saturated carbocycles. The lowest BCUT2D eigenvalue weighted by molar-refractivity contribution is 0.253. The van der Waals surface area contributed by atoms with E-state index in [0.29, 0.717) is 39.3 Å². The molecule has 0 aliphatic rings. The molecule has 174 valence electrons. The first-order valence-electron chi connectivity index (χ1n) is 10.9. The van der Waals surface area contributed by atoms with Crippen molar-refractivity contribution in [2.24, 2.45) is 0 Å². The van der Waals surface area contributed by atoms with E-state index in [2.05, 4.69) is 31.9 Å². The second-order valence-corrected chi connectivity index (χ2v) is 8.19. The molecule has 0 saturated heterocycles. The minimum absolute atomic E-state index is 0.0957. The monoisotopic (exact) mass is 466 g/mol. The summed E-state index contributed by atoms with van der Waals surface area (Å²) in [7, 11) is 0. The molecule has 0 radical (unpaired) electrons. The third-order valence-electron chi connectivity index (χ3n) is 5.65. The standard InChI is InChI=1S/C25H22N8O2/c1-14-6-4-5-7-18(14)33-19(30-23-20(25(33)35)15(2)10-11-27-23)12-32-24-21(22(26)28-13-29-24)17(31-32)9-8-16(3)34/h4-7,10-11,13,16,34H,12H2,1-3H3,(H2,26,28,29). The van der Waals surface area contributed by atoms with Crippen LogP contribution in [0, 0.1) is 25.7 Å². The number of rotatable bonds is 3. The maximum atomic E-state index is 13.8. The average molecular weight is 467 g/mol. The molecule has 1 atom stereocenters. The second-order valence-electron chi connectivity index (χ2n) is 8.19. The van der Waals surface area contributed by atoms with E-state index in [1.165, 1.54) is 6.33 Å². The number of aromatic nitrogens is 7. The minimum Gasteiger partial charge on any atom is -0.383 e. The minimum atomic E-state index is -0.844. The van der Waals surface area contributed by atoms with Gasteiger partial charge in [-0.3, -0.25) is 9.36 Å². The fraction of sp³-hybridized carbons (Fsp3) is 0.200. The molecule has 35 heavy (non-hydrogen) atoms. The van der Waals surface area contributed by atoms with Crippen molar-refractivity contribution < 1.29 is 5.11 Å². The second kappa shape index (κ2) is 8.62. The van der Waals surface area contributed by atoms with Gasteiger partial charge in [-0.2, -0.15) is 5.10 Å². The Balaban J connectivity index is 1.79. The highest BCUT2D eigenvalue weighted by molar-refractivity contribution is 5.90. The Labute approximate surface area is 200 Å². The number of aliphatic hydroxyl groups is 1. The Hall–Kier alpha value is -4.62. The van der Waals surface area contributed by atoms with Crippen LogP contribution in [0.3, 0.4) is 0 Å². The van der Waals surface area contributed by atoms with Crippen LogP contribution in [0.25, 0.3) is 27.8 Å². The Morgan fingerprint density at radius 3 is 2.66 bits per heavy atom. The zero-order valence-electron chi connectivity index (χ0n) is 19.4. The number of nitrogens with zero attached hydrogens (tertiary/aromatic N) is 7.